The number of anilines is 2. The van der Waals surface area contributed by atoms with E-state index in [-0.39, 0.29) is 0 Å². The molecule has 0 saturated carbocycles. The molecular weight excluding hydrogens is 142 g/mol. The number of aromatic nitrogens is 3. The number of fused-ring (bicyclic) bond motifs is 1. The Balaban J connectivity index is 2.82. The molecule has 0 aliphatic carbocycles. The van der Waals surface area contributed by atoms with E-state index in [9.17, 15) is 0 Å². The van der Waals surface area contributed by atoms with E-state index >= 15 is 0 Å². The second-order valence-corrected chi connectivity index (χ2v) is 2.25. The van der Waals surface area contributed by atoms with E-state index < -0.39 is 0 Å². The van der Waals surface area contributed by atoms with Gasteiger partial charge in [-0.1, -0.05) is 0 Å². The van der Waals surface area contributed by atoms with Gasteiger partial charge in [0, 0.05) is 6.07 Å². The monoisotopic (exact) mass is 149 g/mol. The van der Waals surface area contributed by atoms with Crippen LogP contribution in [0.5, 0.6) is 0 Å². The van der Waals surface area contributed by atoms with Crippen LogP contribution < -0.4 is 11.5 Å². The molecule has 2 rings (SSSR count). The highest BCUT2D eigenvalue weighted by molar-refractivity contribution is 5.51. The summed E-state index contributed by atoms with van der Waals surface area (Å²) in [5.74, 6) is 0.917. The molecule has 2 aromatic rings. The van der Waals surface area contributed by atoms with E-state index in [0.717, 1.165) is 5.65 Å². The summed E-state index contributed by atoms with van der Waals surface area (Å²) in [6.45, 7) is 0. The molecule has 0 aliphatic heterocycles. The van der Waals surface area contributed by atoms with Crippen LogP contribution in [0.25, 0.3) is 5.65 Å². The smallest absolute Gasteiger partial charge is 0.144 e. The van der Waals surface area contributed by atoms with Crippen molar-refractivity contribution in [2.75, 3.05) is 11.5 Å². The molecule has 0 saturated heterocycles. The van der Waals surface area contributed by atoms with Crippen LogP contribution in [-0.4, -0.2) is 14.4 Å². The molecule has 0 spiro atoms. The number of imidazole rings is 1. The molecule has 0 atom stereocenters. The molecule has 0 unspecified atom stereocenters. The van der Waals surface area contributed by atoms with Gasteiger partial charge in [0.1, 0.15) is 23.6 Å². The highest BCUT2D eigenvalue weighted by atomic mass is 15.1. The van der Waals surface area contributed by atoms with E-state index in [2.05, 4.69) is 9.97 Å². The average molecular weight is 149 g/mol. The Morgan fingerprint density at radius 2 is 2.09 bits per heavy atom. The maximum absolute atomic E-state index is 5.44. The Bertz CT molecular complexity index is 391. The lowest BCUT2D eigenvalue weighted by atomic mass is 10.6. The van der Waals surface area contributed by atoms with Crippen LogP contribution in [0.1, 0.15) is 0 Å². The minimum Gasteiger partial charge on any atom is -0.384 e. The summed E-state index contributed by atoms with van der Waals surface area (Å²) in [7, 11) is 0. The lowest BCUT2D eigenvalue weighted by Crippen LogP contribution is -1.92. The van der Waals surface area contributed by atoms with E-state index in [1.165, 1.54) is 0 Å². The van der Waals surface area contributed by atoms with Gasteiger partial charge in [0.2, 0.25) is 0 Å². The summed E-state index contributed by atoms with van der Waals surface area (Å²) >= 11 is 0. The summed E-state index contributed by atoms with van der Waals surface area (Å²) in [5.41, 5.74) is 11.6. The minimum absolute atomic E-state index is 0.447. The summed E-state index contributed by atoms with van der Waals surface area (Å²) in [6, 6.07) is 1.66. The van der Waals surface area contributed by atoms with Gasteiger partial charge in [-0.3, -0.25) is 4.40 Å². The zero-order chi connectivity index (χ0) is 7.84. The van der Waals surface area contributed by atoms with E-state index in [1.54, 1.807) is 23.0 Å². The minimum atomic E-state index is 0.447. The highest BCUT2D eigenvalue weighted by Gasteiger charge is 1.97. The highest BCUT2D eigenvalue weighted by Crippen LogP contribution is 2.06. The fraction of sp³-hybridized carbons (Fsp3) is 0. The molecule has 0 aromatic carbocycles. The summed E-state index contributed by atoms with van der Waals surface area (Å²) in [4.78, 5) is 7.86. The third-order valence-corrected chi connectivity index (χ3v) is 1.39. The van der Waals surface area contributed by atoms with Crippen molar-refractivity contribution in [1.29, 1.82) is 0 Å². The van der Waals surface area contributed by atoms with Gasteiger partial charge in [0.25, 0.3) is 0 Å². The molecule has 0 fully saturated rings. The van der Waals surface area contributed by atoms with Gasteiger partial charge in [0.15, 0.2) is 0 Å². The zero-order valence-electron chi connectivity index (χ0n) is 5.73. The lowest BCUT2D eigenvalue weighted by Gasteiger charge is -1.91. The normalized spacial score (nSPS) is 10.5. The number of hydrogen-bond donors (Lipinski definition) is 2. The van der Waals surface area contributed by atoms with Crippen LogP contribution in [0.3, 0.4) is 0 Å². The molecule has 5 heteroatoms. The summed E-state index contributed by atoms with van der Waals surface area (Å²) in [6.07, 6.45) is 3.26. The SMILES string of the molecule is Nc1cc2nc(N)cn2cn1. The van der Waals surface area contributed by atoms with Crippen molar-refractivity contribution in [2.24, 2.45) is 0 Å². The standard InChI is InChI=1S/C6H7N5/c7-4-1-6-10-5(8)2-11(6)3-9-4/h1-3H,7-8H2. The molecule has 4 N–H and O–H groups in total. The van der Waals surface area contributed by atoms with Crippen molar-refractivity contribution in [2.45, 2.75) is 0 Å². The van der Waals surface area contributed by atoms with Crippen LogP contribution in [0.4, 0.5) is 11.6 Å². The predicted molar refractivity (Wildman–Crippen MR) is 41.8 cm³/mol. The Labute approximate surface area is 62.7 Å². The van der Waals surface area contributed by atoms with Crippen molar-refractivity contribution in [1.82, 2.24) is 14.4 Å². The Morgan fingerprint density at radius 1 is 1.27 bits per heavy atom. The first kappa shape index (κ1) is 5.96. The second-order valence-electron chi connectivity index (χ2n) is 2.25. The fourth-order valence-electron chi connectivity index (χ4n) is 0.925. The average Bonchev–Trinajstić information content (AvgIpc) is 2.27. The first-order valence-corrected chi connectivity index (χ1v) is 3.11. The molecular formula is C6H7N5. The fourth-order valence-corrected chi connectivity index (χ4v) is 0.925. The van der Waals surface area contributed by atoms with Gasteiger partial charge < -0.3 is 11.5 Å². The Kier molecular flexibility index (Phi) is 1.00. The van der Waals surface area contributed by atoms with Gasteiger partial charge in [-0.15, -0.1) is 0 Å². The number of rotatable bonds is 0. The zero-order valence-corrected chi connectivity index (χ0v) is 5.73. The van der Waals surface area contributed by atoms with Crippen LogP contribution in [0.2, 0.25) is 0 Å². The molecule has 56 valence electrons. The maximum Gasteiger partial charge on any atom is 0.144 e. The van der Waals surface area contributed by atoms with Crippen molar-refractivity contribution in [3.63, 3.8) is 0 Å². The molecule has 0 aliphatic rings. The molecule has 0 bridgehead atoms. The quantitative estimate of drug-likeness (QED) is 0.547. The molecule has 11 heavy (non-hydrogen) atoms. The molecule has 0 radical (unpaired) electrons. The van der Waals surface area contributed by atoms with E-state index in [0.29, 0.717) is 11.6 Å². The first-order valence-electron chi connectivity index (χ1n) is 3.11. The van der Waals surface area contributed by atoms with Crippen LogP contribution in [0.15, 0.2) is 18.6 Å². The van der Waals surface area contributed by atoms with Crippen molar-refractivity contribution >= 4 is 17.3 Å². The van der Waals surface area contributed by atoms with Crippen LogP contribution >= 0.6 is 0 Å². The third-order valence-electron chi connectivity index (χ3n) is 1.39. The second kappa shape index (κ2) is 1.85. The Morgan fingerprint density at radius 3 is 2.91 bits per heavy atom. The van der Waals surface area contributed by atoms with Gasteiger partial charge in [0.05, 0.1) is 6.20 Å². The molecule has 5 nitrogen and oxygen atoms in total. The summed E-state index contributed by atoms with van der Waals surface area (Å²) in [5, 5.41) is 0. The van der Waals surface area contributed by atoms with Crippen LogP contribution in [0, 0.1) is 0 Å². The molecule has 2 heterocycles. The maximum atomic E-state index is 5.44. The third kappa shape index (κ3) is 0.861. The van der Waals surface area contributed by atoms with Gasteiger partial charge in [-0.05, 0) is 0 Å². The first-order chi connectivity index (χ1) is 5.25. The van der Waals surface area contributed by atoms with E-state index in [1.807, 2.05) is 0 Å². The predicted octanol–water partition coefficient (Wildman–Crippen LogP) is -0.106. The van der Waals surface area contributed by atoms with Gasteiger partial charge in [-0.25, -0.2) is 9.97 Å². The number of hydrogen-bond acceptors (Lipinski definition) is 4. The summed E-state index contributed by atoms with van der Waals surface area (Å²) < 4.78 is 1.71. The van der Waals surface area contributed by atoms with E-state index in [4.69, 9.17) is 11.5 Å². The molecule has 2 aromatic heterocycles. The number of nitrogens with zero attached hydrogens (tertiary/aromatic N) is 3. The topological polar surface area (TPSA) is 82.2 Å². The van der Waals surface area contributed by atoms with Gasteiger partial charge in [-0.2, -0.15) is 0 Å². The van der Waals surface area contributed by atoms with Crippen molar-refractivity contribution in [3.8, 4) is 0 Å². The number of nitrogens with two attached hydrogens (primary N) is 2. The Hall–Kier alpha value is -1.78. The largest absolute Gasteiger partial charge is 0.384 e. The lowest BCUT2D eigenvalue weighted by molar-refractivity contribution is 1.09. The molecule has 0 amide bonds. The van der Waals surface area contributed by atoms with Crippen molar-refractivity contribution < 1.29 is 0 Å². The van der Waals surface area contributed by atoms with Crippen LogP contribution in [-0.2, 0) is 0 Å². The number of nitrogen functional groups attached to an aromatic ring is 2. The van der Waals surface area contributed by atoms with Crippen molar-refractivity contribution in [3.05, 3.63) is 18.6 Å². The van der Waals surface area contributed by atoms with Gasteiger partial charge >= 0.3 is 0 Å².